The second kappa shape index (κ2) is 6.28. The number of aromatic nitrogens is 1. The predicted molar refractivity (Wildman–Crippen MR) is 81.6 cm³/mol. The average molecular weight is 305 g/mol. The van der Waals surface area contributed by atoms with E-state index in [2.05, 4.69) is 10.3 Å². The average Bonchev–Trinajstić information content (AvgIpc) is 2.86. The smallest absolute Gasteiger partial charge is 0.328 e. The van der Waals surface area contributed by atoms with Crippen LogP contribution in [0.5, 0.6) is 0 Å². The molecule has 1 heterocycles. The highest BCUT2D eigenvalue weighted by Crippen LogP contribution is 2.18. The summed E-state index contributed by atoms with van der Waals surface area (Å²) in [5.74, 6) is -1.34. The number of halogens is 1. The topological polar surface area (TPSA) is 82.2 Å². The molecule has 0 spiro atoms. The first kappa shape index (κ1) is 14.9. The van der Waals surface area contributed by atoms with Gasteiger partial charge in [-0.1, -0.05) is 17.7 Å². The van der Waals surface area contributed by atoms with Gasteiger partial charge in [-0.25, -0.2) is 4.79 Å². The van der Waals surface area contributed by atoms with Crippen LogP contribution in [0.25, 0.3) is 6.08 Å². The number of nitrogens with one attached hydrogen (secondary N) is 2. The van der Waals surface area contributed by atoms with Crippen LogP contribution in [0.15, 0.2) is 36.5 Å². The lowest BCUT2D eigenvalue weighted by atomic mass is 10.1. The molecule has 6 heteroatoms. The molecule has 0 aliphatic heterocycles. The van der Waals surface area contributed by atoms with Crippen LogP contribution in [0, 0.1) is 6.92 Å². The lowest BCUT2D eigenvalue weighted by Gasteiger charge is -2.07. The molecule has 21 heavy (non-hydrogen) atoms. The fourth-order valence-electron chi connectivity index (χ4n) is 1.76. The first-order chi connectivity index (χ1) is 9.95. The predicted octanol–water partition coefficient (Wildman–Crippen LogP) is 3.33. The van der Waals surface area contributed by atoms with Crippen LogP contribution in [0.3, 0.4) is 0 Å². The number of H-pyrrole nitrogens is 1. The van der Waals surface area contributed by atoms with Crippen LogP contribution < -0.4 is 5.32 Å². The standard InChI is InChI=1S/C15H13ClN2O3/c1-9-2-4-12(6-10(9)3-5-14(19)20)18-15(21)13-7-11(16)8-17-13/h2-8,17H,1H3,(H,18,21)(H,19,20). The third-order valence-corrected chi connectivity index (χ3v) is 3.05. The zero-order valence-corrected chi connectivity index (χ0v) is 11.9. The number of rotatable bonds is 4. The summed E-state index contributed by atoms with van der Waals surface area (Å²) in [6.07, 6.45) is 4.06. The lowest BCUT2D eigenvalue weighted by molar-refractivity contribution is -0.131. The highest BCUT2D eigenvalue weighted by molar-refractivity contribution is 6.31. The highest BCUT2D eigenvalue weighted by Gasteiger charge is 2.09. The molecule has 3 N–H and O–H groups in total. The Morgan fingerprint density at radius 3 is 2.71 bits per heavy atom. The number of aromatic amines is 1. The number of carbonyl (C=O) groups is 2. The van der Waals surface area contributed by atoms with E-state index in [9.17, 15) is 9.59 Å². The zero-order chi connectivity index (χ0) is 15.4. The van der Waals surface area contributed by atoms with Crippen LogP contribution in [-0.4, -0.2) is 22.0 Å². The third kappa shape index (κ3) is 3.97. The van der Waals surface area contributed by atoms with Gasteiger partial charge in [0.25, 0.3) is 5.91 Å². The molecule has 0 bridgehead atoms. The van der Waals surface area contributed by atoms with Gasteiger partial charge in [0.05, 0.1) is 5.02 Å². The van der Waals surface area contributed by atoms with Crippen LogP contribution >= 0.6 is 11.6 Å². The van der Waals surface area contributed by atoms with Gasteiger partial charge in [-0.05, 0) is 42.3 Å². The summed E-state index contributed by atoms with van der Waals surface area (Å²) in [4.78, 5) is 25.3. The van der Waals surface area contributed by atoms with Gasteiger partial charge in [-0.15, -0.1) is 0 Å². The van der Waals surface area contributed by atoms with Crippen molar-refractivity contribution in [3.8, 4) is 0 Å². The van der Waals surface area contributed by atoms with E-state index in [0.29, 0.717) is 16.4 Å². The van der Waals surface area contributed by atoms with Crippen molar-refractivity contribution >= 4 is 35.2 Å². The first-order valence-corrected chi connectivity index (χ1v) is 6.50. The second-order valence-electron chi connectivity index (χ2n) is 4.43. The first-order valence-electron chi connectivity index (χ1n) is 6.12. The fourth-order valence-corrected chi connectivity index (χ4v) is 1.92. The highest BCUT2D eigenvalue weighted by atomic mass is 35.5. The molecule has 1 aromatic carbocycles. The minimum atomic E-state index is -1.02. The molecule has 0 fully saturated rings. The molecule has 0 aliphatic carbocycles. The van der Waals surface area contributed by atoms with Gasteiger partial charge in [0.2, 0.25) is 0 Å². The maximum atomic E-state index is 12.0. The van der Waals surface area contributed by atoms with Gasteiger partial charge >= 0.3 is 5.97 Å². The summed E-state index contributed by atoms with van der Waals surface area (Å²) in [5.41, 5.74) is 2.55. The number of hydrogen-bond donors (Lipinski definition) is 3. The number of hydrogen-bond acceptors (Lipinski definition) is 2. The Bertz CT molecular complexity index is 719. The number of carbonyl (C=O) groups excluding carboxylic acids is 1. The van der Waals surface area contributed by atoms with Crippen LogP contribution in [0.4, 0.5) is 5.69 Å². The zero-order valence-electron chi connectivity index (χ0n) is 11.2. The molecular weight excluding hydrogens is 292 g/mol. The van der Waals surface area contributed by atoms with E-state index < -0.39 is 5.97 Å². The van der Waals surface area contributed by atoms with E-state index in [1.165, 1.54) is 18.3 Å². The van der Waals surface area contributed by atoms with Gasteiger partial charge in [0, 0.05) is 18.0 Å². The van der Waals surface area contributed by atoms with Gasteiger partial charge in [0.15, 0.2) is 0 Å². The summed E-state index contributed by atoms with van der Waals surface area (Å²) in [6, 6.07) is 6.78. The van der Waals surface area contributed by atoms with Crippen molar-refractivity contribution in [3.05, 3.63) is 58.4 Å². The third-order valence-electron chi connectivity index (χ3n) is 2.83. The maximum Gasteiger partial charge on any atom is 0.328 e. The van der Waals surface area contributed by atoms with E-state index in [1.54, 1.807) is 18.2 Å². The largest absolute Gasteiger partial charge is 0.478 e. The molecule has 1 amide bonds. The second-order valence-corrected chi connectivity index (χ2v) is 4.87. The van der Waals surface area contributed by atoms with Crippen molar-refractivity contribution in [3.63, 3.8) is 0 Å². The van der Waals surface area contributed by atoms with Crippen LogP contribution in [0.2, 0.25) is 5.02 Å². The Morgan fingerprint density at radius 1 is 1.33 bits per heavy atom. The number of aliphatic carboxylic acids is 1. The Labute approximate surface area is 126 Å². The number of anilines is 1. The van der Waals surface area contributed by atoms with Crippen molar-refractivity contribution in [1.29, 1.82) is 0 Å². The van der Waals surface area contributed by atoms with Crippen molar-refractivity contribution in [2.75, 3.05) is 5.32 Å². The van der Waals surface area contributed by atoms with E-state index in [4.69, 9.17) is 16.7 Å². The minimum Gasteiger partial charge on any atom is -0.478 e. The SMILES string of the molecule is Cc1ccc(NC(=O)c2cc(Cl)c[nH]2)cc1C=CC(=O)O. The van der Waals surface area contributed by atoms with Gasteiger partial charge < -0.3 is 15.4 Å². The molecule has 0 atom stereocenters. The van der Waals surface area contributed by atoms with Crippen molar-refractivity contribution in [2.24, 2.45) is 0 Å². The van der Waals surface area contributed by atoms with Crippen LogP contribution in [-0.2, 0) is 4.79 Å². The molecule has 0 aliphatic rings. The number of carboxylic acid groups (broad SMARTS) is 1. The van der Waals surface area contributed by atoms with E-state index >= 15 is 0 Å². The summed E-state index contributed by atoms with van der Waals surface area (Å²) in [7, 11) is 0. The minimum absolute atomic E-state index is 0.320. The number of carboxylic acids is 1. The number of aryl methyl sites for hydroxylation is 1. The van der Waals surface area contributed by atoms with Crippen molar-refractivity contribution in [2.45, 2.75) is 6.92 Å². The van der Waals surface area contributed by atoms with Crippen LogP contribution in [0.1, 0.15) is 21.6 Å². The Balaban J connectivity index is 2.19. The molecule has 5 nitrogen and oxygen atoms in total. The molecule has 2 rings (SSSR count). The normalized spacial score (nSPS) is 10.8. The monoisotopic (exact) mass is 304 g/mol. The fraction of sp³-hybridized carbons (Fsp3) is 0.0667. The molecule has 0 saturated heterocycles. The molecule has 0 saturated carbocycles. The molecule has 0 unspecified atom stereocenters. The van der Waals surface area contributed by atoms with E-state index in [-0.39, 0.29) is 5.91 Å². The van der Waals surface area contributed by atoms with Gasteiger partial charge in [0.1, 0.15) is 5.69 Å². The Morgan fingerprint density at radius 2 is 2.10 bits per heavy atom. The van der Waals surface area contributed by atoms with E-state index in [1.807, 2.05) is 6.92 Å². The van der Waals surface area contributed by atoms with E-state index in [0.717, 1.165) is 17.2 Å². The maximum absolute atomic E-state index is 12.0. The van der Waals surface area contributed by atoms with Crippen molar-refractivity contribution in [1.82, 2.24) is 4.98 Å². The van der Waals surface area contributed by atoms with Gasteiger partial charge in [-0.2, -0.15) is 0 Å². The summed E-state index contributed by atoms with van der Waals surface area (Å²) >= 11 is 5.75. The Hall–Kier alpha value is -2.53. The number of benzene rings is 1. The number of amides is 1. The molecule has 0 radical (unpaired) electrons. The van der Waals surface area contributed by atoms with Gasteiger partial charge in [-0.3, -0.25) is 4.79 Å². The Kier molecular flexibility index (Phi) is 4.45. The van der Waals surface area contributed by atoms with Crippen molar-refractivity contribution < 1.29 is 14.7 Å². The molecular formula is C15H13ClN2O3. The summed E-state index contributed by atoms with van der Waals surface area (Å²) in [6.45, 7) is 1.86. The summed E-state index contributed by atoms with van der Waals surface area (Å²) in [5, 5.41) is 11.8. The molecule has 108 valence electrons. The summed E-state index contributed by atoms with van der Waals surface area (Å²) < 4.78 is 0. The molecule has 1 aromatic heterocycles. The lowest BCUT2D eigenvalue weighted by Crippen LogP contribution is -2.12. The quantitative estimate of drug-likeness (QED) is 0.758. The molecule has 2 aromatic rings.